The number of hydrogen-bond acceptors (Lipinski definition) is 2. The summed E-state index contributed by atoms with van der Waals surface area (Å²) in [4.78, 5) is 0. The van der Waals surface area contributed by atoms with E-state index in [4.69, 9.17) is 0 Å². The molecular weight excluding hydrogens is 218 g/mol. The molecule has 0 fully saturated rings. The van der Waals surface area contributed by atoms with Crippen LogP contribution in [0.5, 0.6) is 0 Å². The summed E-state index contributed by atoms with van der Waals surface area (Å²) in [6, 6.07) is 0. The van der Waals surface area contributed by atoms with Gasteiger partial charge in [-0.15, -0.1) is 0 Å². The summed E-state index contributed by atoms with van der Waals surface area (Å²) in [6.07, 6.45) is 7.75. The lowest BCUT2D eigenvalue weighted by molar-refractivity contribution is 0.351. The van der Waals surface area contributed by atoms with Crippen molar-refractivity contribution in [3.63, 3.8) is 0 Å². The number of allylic oxidation sites excluding steroid dienone is 1. The van der Waals surface area contributed by atoms with Crippen LogP contribution in [0, 0.1) is 11.8 Å². The third-order valence-electron chi connectivity index (χ3n) is 3.51. The quantitative estimate of drug-likeness (QED) is 0.573. The van der Waals surface area contributed by atoms with Gasteiger partial charge in [-0.25, -0.2) is 0 Å². The van der Waals surface area contributed by atoms with Crippen molar-refractivity contribution in [1.82, 2.24) is 5.32 Å². The fraction of sp³-hybridized carbons (Fsp3) is 0.846. The number of nitrogens with one attached hydrogen (secondary N) is 1. The van der Waals surface area contributed by atoms with E-state index in [1.807, 2.05) is 0 Å². The van der Waals surface area contributed by atoms with E-state index >= 15 is 0 Å². The highest BCUT2D eigenvalue weighted by molar-refractivity contribution is 7.84. The Morgan fingerprint density at radius 3 is 2.94 bits per heavy atom. The zero-order valence-electron chi connectivity index (χ0n) is 10.8. The minimum atomic E-state index is -0.639. The fourth-order valence-electron chi connectivity index (χ4n) is 2.40. The van der Waals surface area contributed by atoms with Gasteiger partial charge >= 0.3 is 0 Å². The topological polar surface area (TPSA) is 29.1 Å². The lowest BCUT2D eigenvalue weighted by Crippen LogP contribution is -2.30. The second-order valence-electron chi connectivity index (χ2n) is 4.94. The van der Waals surface area contributed by atoms with Gasteiger partial charge in [-0.05, 0) is 44.6 Å². The van der Waals surface area contributed by atoms with Crippen LogP contribution in [0.1, 0.15) is 33.1 Å². The van der Waals surface area contributed by atoms with Crippen LogP contribution >= 0.6 is 0 Å². The standard InChI is InChI=1S/C13H25NOS/c1-11-6-4-7-12(2)13(11)10-14-8-5-9-16(3)15/h6,12-14H,4-5,7-10H2,1-3H3/t12-,13+,16+/m1/s1. The van der Waals surface area contributed by atoms with E-state index in [2.05, 4.69) is 25.2 Å². The first kappa shape index (κ1) is 13.9. The van der Waals surface area contributed by atoms with Gasteiger partial charge < -0.3 is 5.32 Å². The molecule has 1 N–H and O–H groups in total. The minimum Gasteiger partial charge on any atom is -0.316 e. The molecule has 94 valence electrons. The van der Waals surface area contributed by atoms with Gasteiger partial charge in [-0.2, -0.15) is 0 Å². The predicted molar refractivity (Wildman–Crippen MR) is 72.1 cm³/mol. The molecule has 0 bridgehead atoms. The van der Waals surface area contributed by atoms with E-state index in [0.717, 1.165) is 31.2 Å². The molecule has 0 aromatic carbocycles. The van der Waals surface area contributed by atoms with Gasteiger partial charge in [0.25, 0.3) is 0 Å². The molecule has 0 amide bonds. The van der Waals surface area contributed by atoms with Crippen LogP contribution in [0.4, 0.5) is 0 Å². The largest absolute Gasteiger partial charge is 0.316 e. The fourth-order valence-corrected chi connectivity index (χ4v) is 2.95. The molecule has 0 aromatic rings. The number of rotatable bonds is 6. The monoisotopic (exact) mass is 243 g/mol. The molecule has 1 aliphatic carbocycles. The molecule has 0 aliphatic heterocycles. The smallest absolute Gasteiger partial charge is 0.0244 e. The highest BCUT2D eigenvalue weighted by Crippen LogP contribution is 2.29. The Labute approximate surface area is 102 Å². The van der Waals surface area contributed by atoms with Crippen molar-refractivity contribution >= 4 is 10.8 Å². The molecule has 16 heavy (non-hydrogen) atoms. The highest BCUT2D eigenvalue weighted by Gasteiger charge is 2.21. The van der Waals surface area contributed by atoms with E-state index in [1.54, 1.807) is 11.8 Å². The average Bonchev–Trinajstić information content (AvgIpc) is 2.21. The normalized spacial score (nSPS) is 27.6. The van der Waals surface area contributed by atoms with Crippen molar-refractivity contribution in [2.24, 2.45) is 11.8 Å². The Bertz CT molecular complexity index is 263. The third kappa shape index (κ3) is 4.79. The molecule has 1 rings (SSSR count). The molecule has 1 aliphatic rings. The van der Waals surface area contributed by atoms with E-state index in [9.17, 15) is 4.21 Å². The van der Waals surface area contributed by atoms with Crippen molar-refractivity contribution in [1.29, 1.82) is 0 Å². The molecule has 0 radical (unpaired) electrons. The van der Waals surface area contributed by atoms with Gasteiger partial charge in [0.1, 0.15) is 0 Å². The van der Waals surface area contributed by atoms with Crippen molar-refractivity contribution in [2.75, 3.05) is 25.1 Å². The summed E-state index contributed by atoms with van der Waals surface area (Å²) >= 11 is 0. The van der Waals surface area contributed by atoms with Crippen molar-refractivity contribution in [3.05, 3.63) is 11.6 Å². The van der Waals surface area contributed by atoms with Crippen LogP contribution in [0.3, 0.4) is 0 Å². The van der Waals surface area contributed by atoms with Gasteiger partial charge in [0.15, 0.2) is 0 Å². The summed E-state index contributed by atoms with van der Waals surface area (Å²) in [7, 11) is -0.639. The molecule has 3 heteroatoms. The number of hydrogen-bond donors (Lipinski definition) is 1. The van der Waals surface area contributed by atoms with Crippen LogP contribution in [0.15, 0.2) is 11.6 Å². The van der Waals surface area contributed by atoms with Crippen LogP contribution < -0.4 is 5.32 Å². The highest BCUT2D eigenvalue weighted by atomic mass is 32.2. The summed E-state index contributed by atoms with van der Waals surface area (Å²) in [6.45, 7) is 6.68. The molecule has 0 aromatic heterocycles. The summed E-state index contributed by atoms with van der Waals surface area (Å²) in [5.74, 6) is 2.33. The molecule has 0 spiro atoms. The van der Waals surface area contributed by atoms with Crippen LogP contribution in [0.25, 0.3) is 0 Å². The second-order valence-corrected chi connectivity index (χ2v) is 6.50. The molecule has 2 nitrogen and oxygen atoms in total. The van der Waals surface area contributed by atoms with Gasteiger partial charge in [0, 0.05) is 29.4 Å². The van der Waals surface area contributed by atoms with Crippen LogP contribution in [0.2, 0.25) is 0 Å². The van der Waals surface area contributed by atoms with E-state index in [-0.39, 0.29) is 0 Å². The Morgan fingerprint density at radius 2 is 2.31 bits per heavy atom. The summed E-state index contributed by atoms with van der Waals surface area (Å²) in [5, 5.41) is 3.50. The first-order valence-corrected chi connectivity index (χ1v) is 8.01. The Morgan fingerprint density at radius 1 is 1.56 bits per heavy atom. The Hall–Kier alpha value is -0.150. The zero-order valence-corrected chi connectivity index (χ0v) is 11.6. The van der Waals surface area contributed by atoms with Crippen molar-refractivity contribution in [2.45, 2.75) is 33.1 Å². The Balaban J connectivity index is 2.18. The van der Waals surface area contributed by atoms with Crippen molar-refractivity contribution in [3.8, 4) is 0 Å². The maximum atomic E-state index is 10.9. The maximum absolute atomic E-state index is 10.9. The molecule has 0 unspecified atom stereocenters. The lowest BCUT2D eigenvalue weighted by Gasteiger charge is -2.29. The van der Waals surface area contributed by atoms with Gasteiger partial charge in [0.05, 0.1) is 0 Å². The van der Waals surface area contributed by atoms with E-state index < -0.39 is 10.8 Å². The second kappa shape index (κ2) is 7.23. The lowest BCUT2D eigenvalue weighted by atomic mass is 9.80. The summed E-state index contributed by atoms with van der Waals surface area (Å²) in [5.41, 5.74) is 1.55. The van der Waals surface area contributed by atoms with Gasteiger partial charge in [0.2, 0.25) is 0 Å². The summed E-state index contributed by atoms with van der Waals surface area (Å²) < 4.78 is 10.9. The zero-order chi connectivity index (χ0) is 12.0. The van der Waals surface area contributed by atoms with Crippen LogP contribution in [-0.2, 0) is 10.8 Å². The van der Waals surface area contributed by atoms with Crippen molar-refractivity contribution < 1.29 is 4.21 Å². The minimum absolute atomic E-state index is 0.639. The molecule has 0 saturated carbocycles. The Kier molecular flexibility index (Phi) is 6.29. The molecule has 0 heterocycles. The first-order valence-electron chi connectivity index (χ1n) is 6.28. The predicted octanol–water partition coefficient (Wildman–Crippen LogP) is 2.34. The van der Waals surface area contributed by atoms with E-state index in [0.29, 0.717) is 5.92 Å². The van der Waals surface area contributed by atoms with Gasteiger partial charge in [-0.1, -0.05) is 18.6 Å². The van der Waals surface area contributed by atoms with E-state index in [1.165, 1.54) is 12.8 Å². The van der Waals surface area contributed by atoms with Gasteiger partial charge in [-0.3, -0.25) is 4.21 Å². The molecule has 3 atom stereocenters. The SMILES string of the molecule is CC1=CCC[C@@H](C)[C@H]1CNCCC[S@](C)=O. The molecular formula is C13H25NOS. The maximum Gasteiger partial charge on any atom is 0.0244 e. The van der Waals surface area contributed by atoms with Crippen LogP contribution in [-0.4, -0.2) is 29.3 Å². The average molecular weight is 243 g/mol. The first-order chi connectivity index (χ1) is 7.61. The molecule has 0 saturated heterocycles. The third-order valence-corrected chi connectivity index (χ3v) is 4.37.